The lowest BCUT2D eigenvalue weighted by Gasteiger charge is -2.21. The highest BCUT2D eigenvalue weighted by Gasteiger charge is 2.15. The first kappa shape index (κ1) is 21.1. The molecule has 7 nitrogen and oxygen atoms in total. The van der Waals surface area contributed by atoms with Crippen LogP contribution >= 0.6 is 0 Å². The highest BCUT2D eigenvalue weighted by atomic mass is 16.5. The van der Waals surface area contributed by atoms with Crippen molar-refractivity contribution >= 4 is 17.5 Å². The maximum atomic E-state index is 12.4. The van der Waals surface area contributed by atoms with Gasteiger partial charge in [0.05, 0.1) is 32.5 Å². The summed E-state index contributed by atoms with van der Waals surface area (Å²) in [4.78, 5) is 25.7. The predicted molar refractivity (Wildman–Crippen MR) is 107 cm³/mol. The normalized spacial score (nSPS) is 10.1. The van der Waals surface area contributed by atoms with Crippen molar-refractivity contribution in [3.05, 3.63) is 48.5 Å². The van der Waals surface area contributed by atoms with E-state index in [4.69, 9.17) is 14.2 Å². The average Bonchev–Trinajstić information content (AvgIpc) is 2.69. The molecule has 0 radical (unpaired) electrons. The van der Waals surface area contributed by atoms with E-state index in [9.17, 15) is 9.59 Å². The Balaban J connectivity index is 1.87. The minimum absolute atomic E-state index is 0.0677. The summed E-state index contributed by atoms with van der Waals surface area (Å²) in [5, 5.41) is 2.79. The molecule has 0 saturated heterocycles. The van der Waals surface area contributed by atoms with E-state index in [2.05, 4.69) is 5.32 Å². The van der Waals surface area contributed by atoms with Crippen LogP contribution in [0.3, 0.4) is 0 Å². The lowest BCUT2D eigenvalue weighted by atomic mass is 10.3. The lowest BCUT2D eigenvalue weighted by Crippen LogP contribution is -2.39. The number of rotatable bonds is 10. The quantitative estimate of drug-likeness (QED) is 0.679. The molecule has 2 aromatic carbocycles. The lowest BCUT2D eigenvalue weighted by molar-refractivity contribution is -0.133. The third kappa shape index (κ3) is 6.50. The van der Waals surface area contributed by atoms with Gasteiger partial charge in [-0.25, -0.2) is 0 Å². The molecule has 2 amide bonds. The molecule has 0 heterocycles. The SMILES string of the molecule is CCOc1ccccc1NC(=O)CN(CCOc1ccc(OC)cc1)C(C)=O. The number of para-hydroxylation sites is 2. The van der Waals surface area contributed by atoms with E-state index in [-0.39, 0.29) is 25.0 Å². The maximum absolute atomic E-state index is 12.4. The van der Waals surface area contributed by atoms with Crippen LogP contribution in [0.25, 0.3) is 0 Å². The monoisotopic (exact) mass is 386 g/mol. The number of carbonyl (C=O) groups is 2. The smallest absolute Gasteiger partial charge is 0.244 e. The molecule has 0 atom stereocenters. The van der Waals surface area contributed by atoms with Gasteiger partial charge in [-0.1, -0.05) is 12.1 Å². The van der Waals surface area contributed by atoms with E-state index in [1.54, 1.807) is 43.5 Å². The zero-order chi connectivity index (χ0) is 20.4. The molecule has 0 spiro atoms. The van der Waals surface area contributed by atoms with E-state index in [0.717, 1.165) is 5.75 Å². The topological polar surface area (TPSA) is 77.1 Å². The molecule has 2 rings (SSSR count). The minimum Gasteiger partial charge on any atom is -0.497 e. The summed E-state index contributed by atoms with van der Waals surface area (Å²) in [6, 6.07) is 14.3. The highest BCUT2D eigenvalue weighted by Crippen LogP contribution is 2.23. The fourth-order valence-electron chi connectivity index (χ4n) is 2.51. The third-order valence-electron chi connectivity index (χ3n) is 3.93. The zero-order valence-electron chi connectivity index (χ0n) is 16.4. The second-order valence-corrected chi connectivity index (χ2v) is 5.94. The molecule has 28 heavy (non-hydrogen) atoms. The molecule has 7 heteroatoms. The first-order chi connectivity index (χ1) is 13.5. The number of hydrogen-bond acceptors (Lipinski definition) is 5. The minimum atomic E-state index is -0.299. The van der Waals surface area contributed by atoms with E-state index in [0.29, 0.717) is 30.3 Å². The molecule has 0 aromatic heterocycles. The van der Waals surface area contributed by atoms with E-state index >= 15 is 0 Å². The molecular formula is C21H26N2O5. The highest BCUT2D eigenvalue weighted by molar-refractivity contribution is 5.95. The molecule has 0 saturated carbocycles. The number of nitrogens with one attached hydrogen (secondary N) is 1. The Morgan fingerprint density at radius 1 is 1.00 bits per heavy atom. The molecule has 150 valence electrons. The van der Waals surface area contributed by atoms with Crippen LogP contribution in [0.5, 0.6) is 17.2 Å². The largest absolute Gasteiger partial charge is 0.497 e. The van der Waals surface area contributed by atoms with Gasteiger partial charge in [0.1, 0.15) is 23.9 Å². The van der Waals surface area contributed by atoms with E-state index in [1.165, 1.54) is 11.8 Å². The summed E-state index contributed by atoms with van der Waals surface area (Å²) >= 11 is 0. The van der Waals surface area contributed by atoms with Crippen LogP contribution in [0.1, 0.15) is 13.8 Å². The van der Waals surface area contributed by atoms with Crippen molar-refractivity contribution in [2.45, 2.75) is 13.8 Å². The van der Waals surface area contributed by atoms with Gasteiger partial charge >= 0.3 is 0 Å². The number of ether oxygens (including phenoxy) is 3. The van der Waals surface area contributed by atoms with Gasteiger partial charge in [-0.15, -0.1) is 0 Å². The molecule has 0 bridgehead atoms. The van der Waals surface area contributed by atoms with Crippen molar-refractivity contribution in [1.29, 1.82) is 0 Å². The van der Waals surface area contributed by atoms with Gasteiger partial charge in [0.25, 0.3) is 0 Å². The first-order valence-electron chi connectivity index (χ1n) is 9.07. The van der Waals surface area contributed by atoms with Gasteiger partial charge in [0, 0.05) is 6.92 Å². The van der Waals surface area contributed by atoms with Gasteiger partial charge < -0.3 is 24.4 Å². The number of methoxy groups -OCH3 is 1. The van der Waals surface area contributed by atoms with Gasteiger partial charge in [-0.05, 0) is 43.3 Å². The van der Waals surface area contributed by atoms with Crippen LogP contribution in [0.4, 0.5) is 5.69 Å². The summed E-state index contributed by atoms with van der Waals surface area (Å²) < 4.78 is 16.2. The van der Waals surface area contributed by atoms with Crippen LogP contribution in [0, 0.1) is 0 Å². The van der Waals surface area contributed by atoms with E-state index in [1.807, 2.05) is 19.1 Å². The Morgan fingerprint density at radius 2 is 1.68 bits per heavy atom. The van der Waals surface area contributed by atoms with Gasteiger partial charge in [0.15, 0.2) is 0 Å². The van der Waals surface area contributed by atoms with Crippen LogP contribution in [0.2, 0.25) is 0 Å². The fraction of sp³-hybridized carbons (Fsp3) is 0.333. The number of amides is 2. The first-order valence-corrected chi connectivity index (χ1v) is 9.07. The number of benzene rings is 2. The number of nitrogens with zero attached hydrogens (tertiary/aromatic N) is 1. The van der Waals surface area contributed by atoms with Crippen LogP contribution in [-0.2, 0) is 9.59 Å². The average molecular weight is 386 g/mol. The summed E-state index contributed by atoms with van der Waals surface area (Å²) in [6.45, 7) is 4.29. The van der Waals surface area contributed by atoms with Crippen LogP contribution < -0.4 is 19.5 Å². The Bertz CT molecular complexity index is 777. The predicted octanol–water partition coefficient (Wildman–Crippen LogP) is 2.96. The Hall–Kier alpha value is -3.22. The second-order valence-electron chi connectivity index (χ2n) is 5.94. The number of carbonyl (C=O) groups excluding carboxylic acids is 2. The van der Waals surface area contributed by atoms with Gasteiger partial charge in [-0.3, -0.25) is 9.59 Å². The molecule has 0 aliphatic carbocycles. The molecule has 0 fully saturated rings. The summed E-state index contributed by atoms with van der Waals surface area (Å²) in [5.41, 5.74) is 0.576. The van der Waals surface area contributed by atoms with Crippen molar-refractivity contribution in [1.82, 2.24) is 4.90 Å². The molecular weight excluding hydrogens is 360 g/mol. The van der Waals surface area contributed by atoms with Crippen LogP contribution in [0.15, 0.2) is 48.5 Å². The van der Waals surface area contributed by atoms with E-state index < -0.39 is 0 Å². The van der Waals surface area contributed by atoms with Gasteiger partial charge in [-0.2, -0.15) is 0 Å². The summed E-state index contributed by atoms with van der Waals surface area (Å²) in [6.07, 6.45) is 0. The maximum Gasteiger partial charge on any atom is 0.244 e. The van der Waals surface area contributed by atoms with Gasteiger partial charge in [0.2, 0.25) is 11.8 Å². The Kier molecular flexibility index (Phi) is 8.14. The van der Waals surface area contributed by atoms with Crippen molar-refractivity contribution in [2.75, 3.05) is 38.7 Å². The molecule has 0 aliphatic heterocycles. The number of hydrogen-bond donors (Lipinski definition) is 1. The Morgan fingerprint density at radius 3 is 2.32 bits per heavy atom. The number of anilines is 1. The van der Waals surface area contributed by atoms with Crippen molar-refractivity contribution in [3.8, 4) is 17.2 Å². The molecule has 2 aromatic rings. The van der Waals surface area contributed by atoms with Crippen molar-refractivity contribution in [2.24, 2.45) is 0 Å². The van der Waals surface area contributed by atoms with Crippen molar-refractivity contribution in [3.63, 3.8) is 0 Å². The Labute approximate surface area is 165 Å². The molecule has 0 unspecified atom stereocenters. The fourth-order valence-corrected chi connectivity index (χ4v) is 2.51. The van der Waals surface area contributed by atoms with Crippen LogP contribution in [-0.4, -0.2) is 50.1 Å². The summed E-state index contributed by atoms with van der Waals surface area (Å²) in [5.74, 6) is 1.50. The standard InChI is InChI=1S/C21H26N2O5/c1-4-27-20-8-6-5-7-19(20)22-21(25)15-23(16(2)24)13-14-28-18-11-9-17(26-3)10-12-18/h5-12H,4,13-15H2,1-3H3,(H,22,25). The second kappa shape index (κ2) is 10.8. The van der Waals surface area contributed by atoms with Crippen molar-refractivity contribution < 1.29 is 23.8 Å². The molecule has 1 N–H and O–H groups in total. The molecule has 0 aliphatic rings. The summed E-state index contributed by atoms with van der Waals surface area (Å²) in [7, 11) is 1.60. The zero-order valence-corrected chi connectivity index (χ0v) is 16.4. The third-order valence-corrected chi connectivity index (χ3v) is 3.93.